The van der Waals surface area contributed by atoms with Gasteiger partial charge in [0.2, 0.25) is 0 Å². The third-order valence-electron chi connectivity index (χ3n) is 1.72. The summed E-state index contributed by atoms with van der Waals surface area (Å²) in [7, 11) is 0. The predicted molar refractivity (Wildman–Crippen MR) is 42.3 cm³/mol. The van der Waals surface area contributed by atoms with Gasteiger partial charge in [0, 0.05) is 6.54 Å². The van der Waals surface area contributed by atoms with E-state index in [2.05, 4.69) is 11.9 Å². The van der Waals surface area contributed by atoms with E-state index in [0.717, 1.165) is 12.8 Å². The largest absolute Gasteiger partial charge is 0.446 e. The zero-order valence-corrected chi connectivity index (χ0v) is 6.51. The van der Waals surface area contributed by atoms with Gasteiger partial charge in [0.1, 0.15) is 6.10 Å². The van der Waals surface area contributed by atoms with Crippen LogP contribution in [0.2, 0.25) is 0 Å². The van der Waals surface area contributed by atoms with Crippen LogP contribution in [-0.4, -0.2) is 18.7 Å². The molecule has 0 heterocycles. The van der Waals surface area contributed by atoms with Gasteiger partial charge in [-0.1, -0.05) is 6.08 Å². The average Bonchev–Trinajstić information content (AvgIpc) is 1.93. The van der Waals surface area contributed by atoms with Gasteiger partial charge in [0.25, 0.3) is 0 Å². The van der Waals surface area contributed by atoms with Crippen LogP contribution in [0.3, 0.4) is 0 Å². The molecule has 1 rings (SSSR count). The standard InChI is InChI=1S/C8H13NO2/c1-2-6-9-8(10)11-7-4-3-5-7/h2,7H,1,3-6H2,(H,9,10). The van der Waals surface area contributed by atoms with Crippen molar-refractivity contribution in [3.05, 3.63) is 12.7 Å². The lowest BCUT2D eigenvalue weighted by molar-refractivity contribution is 0.0531. The molecule has 1 saturated carbocycles. The summed E-state index contributed by atoms with van der Waals surface area (Å²) in [6.07, 6.45) is 4.68. The van der Waals surface area contributed by atoms with Crippen molar-refractivity contribution in [3.63, 3.8) is 0 Å². The van der Waals surface area contributed by atoms with Crippen molar-refractivity contribution in [1.82, 2.24) is 5.32 Å². The molecule has 0 bridgehead atoms. The minimum Gasteiger partial charge on any atom is -0.446 e. The minimum atomic E-state index is -0.324. The summed E-state index contributed by atoms with van der Waals surface area (Å²) in [6.45, 7) is 3.95. The fourth-order valence-corrected chi connectivity index (χ4v) is 0.837. The number of carbonyl (C=O) groups is 1. The Kier molecular flexibility index (Phi) is 2.95. The van der Waals surface area contributed by atoms with Crippen LogP contribution in [0.4, 0.5) is 4.79 Å². The zero-order chi connectivity index (χ0) is 8.10. The Hall–Kier alpha value is -0.990. The van der Waals surface area contributed by atoms with E-state index in [9.17, 15) is 4.79 Å². The van der Waals surface area contributed by atoms with Crippen molar-refractivity contribution >= 4 is 6.09 Å². The van der Waals surface area contributed by atoms with Crippen molar-refractivity contribution in [2.75, 3.05) is 6.54 Å². The van der Waals surface area contributed by atoms with Crippen molar-refractivity contribution in [1.29, 1.82) is 0 Å². The highest BCUT2D eigenvalue weighted by Gasteiger charge is 2.20. The molecule has 11 heavy (non-hydrogen) atoms. The van der Waals surface area contributed by atoms with Gasteiger partial charge >= 0.3 is 6.09 Å². The Morgan fingerprint density at radius 2 is 2.45 bits per heavy atom. The summed E-state index contributed by atoms with van der Waals surface area (Å²) in [6, 6.07) is 0. The van der Waals surface area contributed by atoms with Crippen LogP contribution in [0.5, 0.6) is 0 Å². The molecule has 0 aromatic heterocycles. The van der Waals surface area contributed by atoms with E-state index in [4.69, 9.17) is 4.74 Å². The molecule has 0 aromatic rings. The van der Waals surface area contributed by atoms with E-state index < -0.39 is 0 Å². The SMILES string of the molecule is C=CCNC(=O)OC1CCC1. The first kappa shape index (κ1) is 8.11. The van der Waals surface area contributed by atoms with Crippen molar-refractivity contribution in [3.8, 4) is 0 Å². The molecule has 0 atom stereocenters. The highest BCUT2D eigenvalue weighted by atomic mass is 16.6. The van der Waals surface area contributed by atoms with Gasteiger partial charge in [-0.05, 0) is 19.3 Å². The van der Waals surface area contributed by atoms with Gasteiger partial charge in [0.05, 0.1) is 0 Å². The molecule has 1 aliphatic carbocycles. The van der Waals surface area contributed by atoms with E-state index in [1.54, 1.807) is 6.08 Å². The molecule has 1 aliphatic rings. The summed E-state index contributed by atoms with van der Waals surface area (Å²) < 4.78 is 4.99. The third-order valence-corrected chi connectivity index (χ3v) is 1.72. The molecule has 0 aromatic carbocycles. The van der Waals surface area contributed by atoms with E-state index in [0.29, 0.717) is 6.54 Å². The van der Waals surface area contributed by atoms with Crippen molar-refractivity contribution in [2.24, 2.45) is 0 Å². The molecule has 0 unspecified atom stereocenters. The monoisotopic (exact) mass is 155 g/mol. The Morgan fingerprint density at radius 3 is 2.91 bits per heavy atom. The summed E-state index contributed by atoms with van der Waals surface area (Å²) in [5.74, 6) is 0. The number of rotatable bonds is 3. The molecule has 1 N–H and O–H groups in total. The lowest BCUT2D eigenvalue weighted by Crippen LogP contribution is -2.32. The van der Waals surface area contributed by atoms with Gasteiger partial charge in [-0.15, -0.1) is 6.58 Å². The normalized spacial score (nSPS) is 16.7. The lowest BCUT2D eigenvalue weighted by Gasteiger charge is -2.24. The molecular weight excluding hydrogens is 142 g/mol. The first-order chi connectivity index (χ1) is 5.33. The quantitative estimate of drug-likeness (QED) is 0.626. The van der Waals surface area contributed by atoms with E-state index in [1.165, 1.54) is 6.42 Å². The highest BCUT2D eigenvalue weighted by Crippen LogP contribution is 2.21. The molecule has 3 nitrogen and oxygen atoms in total. The molecule has 0 radical (unpaired) electrons. The van der Waals surface area contributed by atoms with Crippen LogP contribution in [0, 0.1) is 0 Å². The lowest BCUT2D eigenvalue weighted by atomic mass is 9.96. The van der Waals surface area contributed by atoms with Gasteiger partial charge in [-0.3, -0.25) is 0 Å². The molecule has 0 saturated heterocycles. The average molecular weight is 155 g/mol. The van der Waals surface area contributed by atoms with E-state index in [1.807, 2.05) is 0 Å². The van der Waals surface area contributed by atoms with Gasteiger partial charge in [-0.2, -0.15) is 0 Å². The predicted octanol–water partition coefficient (Wildman–Crippen LogP) is 1.45. The van der Waals surface area contributed by atoms with Crippen molar-refractivity contribution in [2.45, 2.75) is 25.4 Å². The Bertz CT molecular complexity index is 152. The number of ether oxygens (including phenoxy) is 1. The smallest absolute Gasteiger partial charge is 0.407 e. The summed E-state index contributed by atoms with van der Waals surface area (Å²) in [4.78, 5) is 10.8. The van der Waals surface area contributed by atoms with Gasteiger partial charge in [0.15, 0.2) is 0 Å². The second-order valence-electron chi connectivity index (χ2n) is 2.63. The van der Waals surface area contributed by atoms with Crippen LogP contribution in [0.25, 0.3) is 0 Å². The topological polar surface area (TPSA) is 38.3 Å². The Balaban J connectivity index is 2.04. The van der Waals surface area contributed by atoms with E-state index in [-0.39, 0.29) is 12.2 Å². The minimum absolute atomic E-state index is 0.166. The summed E-state index contributed by atoms with van der Waals surface area (Å²) >= 11 is 0. The maximum absolute atomic E-state index is 10.8. The second-order valence-corrected chi connectivity index (χ2v) is 2.63. The number of hydrogen-bond acceptors (Lipinski definition) is 2. The van der Waals surface area contributed by atoms with Gasteiger partial charge in [-0.25, -0.2) is 4.79 Å². The Labute approximate surface area is 66.4 Å². The number of carbonyl (C=O) groups excluding carboxylic acids is 1. The fourth-order valence-electron chi connectivity index (χ4n) is 0.837. The molecule has 3 heteroatoms. The maximum atomic E-state index is 10.8. The molecule has 0 aliphatic heterocycles. The number of amides is 1. The molecule has 1 fully saturated rings. The number of nitrogens with one attached hydrogen (secondary N) is 1. The van der Waals surface area contributed by atoms with Crippen molar-refractivity contribution < 1.29 is 9.53 Å². The molecule has 1 amide bonds. The van der Waals surface area contributed by atoms with Crippen LogP contribution in [0.15, 0.2) is 12.7 Å². The first-order valence-electron chi connectivity index (χ1n) is 3.88. The summed E-state index contributed by atoms with van der Waals surface area (Å²) in [5, 5.41) is 2.55. The maximum Gasteiger partial charge on any atom is 0.407 e. The Morgan fingerprint density at radius 1 is 1.73 bits per heavy atom. The van der Waals surface area contributed by atoms with Crippen LogP contribution in [0.1, 0.15) is 19.3 Å². The number of hydrogen-bond donors (Lipinski definition) is 1. The zero-order valence-electron chi connectivity index (χ0n) is 6.51. The molecular formula is C8H13NO2. The van der Waals surface area contributed by atoms with Crippen LogP contribution >= 0.6 is 0 Å². The molecule has 62 valence electrons. The number of alkyl carbamates (subject to hydrolysis) is 1. The molecule has 0 spiro atoms. The van der Waals surface area contributed by atoms with Crippen LogP contribution in [-0.2, 0) is 4.74 Å². The first-order valence-corrected chi connectivity index (χ1v) is 3.88. The van der Waals surface area contributed by atoms with Gasteiger partial charge < -0.3 is 10.1 Å². The fraction of sp³-hybridized carbons (Fsp3) is 0.625. The third kappa shape index (κ3) is 2.62. The van der Waals surface area contributed by atoms with E-state index >= 15 is 0 Å². The second kappa shape index (κ2) is 4.01. The van der Waals surface area contributed by atoms with Crippen LogP contribution < -0.4 is 5.32 Å². The summed E-state index contributed by atoms with van der Waals surface area (Å²) in [5.41, 5.74) is 0. The highest BCUT2D eigenvalue weighted by molar-refractivity contribution is 5.67.